The van der Waals surface area contributed by atoms with Gasteiger partial charge in [-0.3, -0.25) is 19.0 Å². The van der Waals surface area contributed by atoms with Gasteiger partial charge in [0.15, 0.2) is 5.78 Å². The lowest BCUT2D eigenvalue weighted by molar-refractivity contribution is 0.0948. The van der Waals surface area contributed by atoms with Crippen LogP contribution < -0.4 is 10.9 Å². The van der Waals surface area contributed by atoms with Gasteiger partial charge >= 0.3 is 0 Å². The van der Waals surface area contributed by atoms with E-state index in [1.807, 2.05) is 49.3 Å². The van der Waals surface area contributed by atoms with Crippen molar-refractivity contribution in [1.82, 2.24) is 14.8 Å². The van der Waals surface area contributed by atoms with Crippen molar-refractivity contribution in [2.24, 2.45) is 0 Å². The van der Waals surface area contributed by atoms with E-state index in [9.17, 15) is 14.4 Å². The van der Waals surface area contributed by atoms with Crippen molar-refractivity contribution in [3.05, 3.63) is 81.0 Å². The van der Waals surface area contributed by atoms with Gasteiger partial charge in [0.1, 0.15) is 0 Å². The van der Waals surface area contributed by atoms with Gasteiger partial charge in [-0.25, -0.2) is 0 Å². The predicted octanol–water partition coefficient (Wildman–Crippen LogP) is 3.54. The van der Waals surface area contributed by atoms with Crippen LogP contribution in [0, 0.1) is 0 Å². The highest BCUT2D eigenvalue weighted by Crippen LogP contribution is 2.35. The molecule has 0 atom stereocenters. The molecule has 0 radical (unpaired) electrons. The van der Waals surface area contributed by atoms with Crippen molar-refractivity contribution >= 4 is 44.0 Å². The molecule has 4 aromatic rings. The molecular weight excluding hydrogens is 450 g/mol. The number of nitrogens with one attached hydrogen (secondary N) is 1. The number of amides is 1. The maximum atomic E-state index is 13.8. The lowest BCUT2D eigenvalue weighted by atomic mass is 10.1. The molecule has 0 unspecified atom stereocenters. The molecule has 0 aliphatic carbocycles. The number of carbonyl (C=O) groups excluding carboxylic acids is 2. The lowest BCUT2D eigenvalue weighted by Gasteiger charge is -2.12. The van der Waals surface area contributed by atoms with Crippen LogP contribution in [0.15, 0.2) is 59.4 Å². The Balaban J connectivity index is 1.88. The van der Waals surface area contributed by atoms with Gasteiger partial charge in [0.2, 0.25) is 0 Å². The molecule has 34 heavy (non-hydrogen) atoms. The predicted molar refractivity (Wildman–Crippen MR) is 136 cm³/mol. The number of carbonyl (C=O) groups is 2. The van der Waals surface area contributed by atoms with Crippen LogP contribution in [-0.2, 0) is 17.9 Å². The van der Waals surface area contributed by atoms with Crippen LogP contribution in [0.25, 0.3) is 21.0 Å². The third-order valence-corrected chi connectivity index (χ3v) is 6.91. The molecule has 0 saturated carbocycles. The summed E-state index contributed by atoms with van der Waals surface area (Å²) in [5.74, 6) is -0.386. The van der Waals surface area contributed by atoms with Gasteiger partial charge in [-0.2, -0.15) is 0 Å². The third kappa shape index (κ3) is 4.65. The summed E-state index contributed by atoms with van der Waals surface area (Å²) in [7, 11) is 5.41. The number of hydrogen-bond acceptors (Lipinski definition) is 6. The minimum absolute atomic E-state index is 0.0913. The number of hydrogen-bond donors (Lipinski definition) is 1. The normalized spacial score (nSPS) is 11.4. The Morgan fingerprint density at radius 3 is 2.47 bits per heavy atom. The fourth-order valence-corrected chi connectivity index (χ4v) is 5.23. The summed E-state index contributed by atoms with van der Waals surface area (Å²) in [5, 5.41) is 4.20. The zero-order valence-electron chi connectivity index (χ0n) is 19.5. The van der Waals surface area contributed by atoms with Gasteiger partial charge in [0, 0.05) is 36.7 Å². The number of aromatic nitrogens is 1. The Hall–Kier alpha value is -3.33. The molecule has 2 aromatic heterocycles. The first-order valence-electron chi connectivity index (χ1n) is 11.0. The lowest BCUT2D eigenvalue weighted by Crippen LogP contribution is -2.31. The van der Waals surface area contributed by atoms with Crippen LogP contribution >= 0.6 is 11.3 Å². The van der Waals surface area contributed by atoms with Gasteiger partial charge in [0.25, 0.3) is 11.5 Å². The fraction of sp³-hybridized carbons (Fsp3) is 0.269. The molecule has 0 saturated heterocycles. The summed E-state index contributed by atoms with van der Waals surface area (Å²) < 4.78 is 7.63. The Morgan fingerprint density at radius 1 is 1.06 bits per heavy atom. The maximum absolute atomic E-state index is 13.8. The molecule has 8 heteroatoms. The highest BCUT2D eigenvalue weighted by atomic mass is 32.1. The average molecular weight is 478 g/mol. The van der Waals surface area contributed by atoms with Crippen LogP contribution in [0.1, 0.15) is 25.6 Å². The van der Waals surface area contributed by atoms with Crippen molar-refractivity contribution in [1.29, 1.82) is 0 Å². The van der Waals surface area contributed by atoms with E-state index in [4.69, 9.17) is 4.74 Å². The van der Waals surface area contributed by atoms with E-state index in [-0.39, 0.29) is 30.4 Å². The van der Waals surface area contributed by atoms with Crippen molar-refractivity contribution in [3.8, 4) is 0 Å². The molecule has 0 aliphatic heterocycles. The topological polar surface area (TPSA) is 80.6 Å². The number of ether oxygens (including phenoxy) is 1. The Kier molecular flexibility index (Phi) is 7.21. The van der Waals surface area contributed by atoms with Crippen molar-refractivity contribution in [2.75, 3.05) is 34.3 Å². The largest absolute Gasteiger partial charge is 0.380 e. The van der Waals surface area contributed by atoms with E-state index in [1.54, 1.807) is 24.3 Å². The number of fused-ring (bicyclic) bond motifs is 3. The average Bonchev–Trinajstić information content (AvgIpc) is 3.22. The molecule has 7 nitrogen and oxygen atoms in total. The molecule has 0 spiro atoms. The number of likely N-dealkylation sites (N-methyl/N-ethyl adjacent to an activating group) is 1. The molecule has 1 amide bonds. The molecule has 0 aliphatic rings. The van der Waals surface area contributed by atoms with E-state index >= 15 is 0 Å². The fourth-order valence-electron chi connectivity index (χ4n) is 3.98. The quantitative estimate of drug-likeness (QED) is 0.373. The van der Waals surface area contributed by atoms with Crippen molar-refractivity contribution in [3.63, 3.8) is 0 Å². The van der Waals surface area contributed by atoms with Gasteiger partial charge in [-0.05, 0) is 20.2 Å². The molecule has 2 heterocycles. The first kappa shape index (κ1) is 23.8. The van der Waals surface area contributed by atoms with Gasteiger partial charge in [-0.1, -0.05) is 48.5 Å². The second-order valence-corrected chi connectivity index (χ2v) is 9.32. The summed E-state index contributed by atoms with van der Waals surface area (Å²) in [6.07, 6.45) is 0. The van der Waals surface area contributed by atoms with E-state index in [1.165, 1.54) is 23.0 Å². The zero-order valence-corrected chi connectivity index (χ0v) is 20.3. The number of pyridine rings is 1. The molecule has 4 rings (SSSR count). The number of nitrogens with zero attached hydrogens (tertiary/aromatic N) is 2. The van der Waals surface area contributed by atoms with Crippen LogP contribution in [0.3, 0.4) is 0 Å². The number of para-hydroxylation sites is 1. The summed E-state index contributed by atoms with van der Waals surface area (Å²) in [4.78, 5) is 42.3. The molecule has 0 bridgehead atoms. The number of ketones is 1. The third-order valence-electron chi connectivity index (χ3n) is 5.64. The van der Waals surface area contributed by atoms with Crippen LogP contribution in [0.4, 0.5) is 0 Å². The smallest absolute Gasteiger partial charge is 0.261 e. The van der Waals surface area contributed by atoms with E-state index in [0.717, 1.165) is 10.1 Å². The van der Waals surface area contributed by atoms with Crippen molar-refractivity contribution < 1.29 is 14.3 Å². The zero-order chi connectivity index (χ0) is 24.2. The Bertz CT molecular complexity index is 1410. The van der Waals surface area contributed by atoms with Crippen LogP contribution in [0.5, 0.6) is 0 Å². The standard InChI is InChI=1S/C26H27N3O4S/c1-28(2)14-13-27-25(31)24-19(16-33-3)22-23(34-24)18-11-7-8-12-20(18)29(26(22)32)15-21(30)17-9-5-4-6-10-17/h4-12H,13-16H2,1-3H3,(H,27,31). The van der Waals surface area contributed by atoms with Crippen LogP contribution in [0.2, 0.25) is 0 Å². The summed E-state index contributed by atoms with van der Waals surface area (Å²) in [6, 6.07) is 16.4. The number of benzene rings is 2. The molecule has 176 valence electrons. The number of rotatable bonds is 9. The minimum atomic E-state index is -0.298. The molecule has 1 N–H and O–H groups in total. The van der Waals surface area contributed by atoms with E-state index in [0.29, 0.717) is 40.0 Å². The van der Waals surface area contributed by atoms with Gasteiger partial charge in [-0.15, -0.1) is 11.3 Å². The van der Waals surface area contributed by atoms with E-state index < -0.39 is 0 Å². The SMILES string of the molecule is COCc1c(C(=O)NCCN(C)C)sc2c1c(=O)n(CC(=O)c1ccccc1)c1ccccc21. The first-order valence-corrected chi connectivity index (χ1v) is 11.8. The second kappa shape index (κ2) is 10.3. The number of Topliss-reactive ketones (excluding diaryl/α,β-unsaturated/α-hetero) is 1. The van der Waals surface area contributed by atoms with Gasteiger partial charge < -0.3 is 15.0 Å². The Labute approximate surface area is 201 Å². The minimum Gasteiger partial charge on any atom is -0.380 e. The highest BCUT2D eigenvalue weighted by Gasteiger charge is 2.24. The Morgan fingerprint density at radius 2 is 1.76 bits per heavy atom. The van der Waals surface area contributed by atoms with E-state index in [2.05, 4.69) is 5.32 Å². The first-order chi connectivity index (χ1) is 16.4. The second-order valence-electron chi connectivity index (χ2n) is 8.30. The number of thiophene rings is 1. The molecule has 2 aromatic carbocycles. The summed E-state index contributed by atoms with van der Waals surface area (Å²) in [5.41, 5.74) is 1.46. The summed E-state index contributed by atoms with van der Waals surface area (Å²) >= 11 is 1.29. The maximum Gasteiger partial charge on any atom is 0.261 e. The molecule has 0 fully saturated rings. The van der Waals surface area contributed by atoms with Crippen molar-refractivity contribution in [2.45, 2.75) is 13.2 Å². The highest BCUT2D eigenvalue weighted by molar-refractivity contribution is 7.22. The van der Waals surface area contributed by atoms with Crippen LogP contribution in [-0.4, -0.2) is 55.5 Å². The number of methoxy groups -OCH3 is 1. The summed E-state index contributed by atoms with van der Waals surface area (Å²) in [6.45, 7) is 1.22. The monoisotopic (exact) mass is 477 g/mol. The molecular formula is C26H27N3O4S. The van der Waals surface area contributed by atoms with Gasteiger partial charge in [0.05, 0.1) is 33.6 Å².